The maximum Gasteiger partial charge on any atom is 0.242 e. The van der Waals surface area contributed by atoms with Crippen molar-refractivity contribution in [3.63, 3.8) is 0 Å². The molecule has 0 aliphatic carbocycles. The zero-order valence-electron chi connectivity index (χ0n) is 12.1. The van der Waals surface area contributed by atoms with Crippen molar-refractivity contribution < 1.29 is 18.3 Å². The zero-order chi connectivity index (χ0) is 15.5. The summed E-state index contributed by atoms with van der Waals surface area (Å²) in [7, 11) is -3.67. The van der Waals surface area contributed by atoms with E-state index in [1.807, 2.05) is 13.8 Å². The van der Waals surface area contributed by atoms with E-state index in [0.717, 1.165) is 5.56 Å². The Morgan fingerprint density at radius 3 is 2.86 bits per heavy atom. The lowest BCUT2D eigenvalue weighted by atomic mass is 10.1. The number of aliphatic hydroxyl groups is 1. The van der Waals surface area contributed by atoms with Crippen molar-refractivity contribution in [1.29, 1.82) is 0 Å². The van der Waals surface area contributed by atoms with Crippen LogP contribution in [0, 0.1) is 18.8 Å². The van der Waals surface area contributed by atoms with Crippen LogP contribution in [0.5, 0.6) is 0 Å². The van der Waals surface area contributed by atoms with Gasteiger partial charge in [0.2, 0.25) is 10.0 Å². The van der Waals surface area contributed by atoms with Crippen LogP contribution in [0.1, 0.15) is 24.5 Å². The van der Waals surface area contributed by atoms with Crippen LogP contribution in [0.25, 0.3) is 0 Å². The van der Waals surface area contributed by atoms with Crippen molar-refractivity contribution in [2.24, 2.45) is 0 Å². The van der Waals surface area contributed by atoms with E-state index in [0.29, 0.717) is 18.6 Å². The van der Waals surface area contributed by atoms with Crippen molar-refractivity contribution in [2.75, 3.05) is 13.2 Å². The molecule has 1 aliphatic rings. The molecule has 0 aromatic heterocycles. The van der Waals surface area contributed by atoms with Crippen LogP contribution >= 0.6 is 0 Å². The molecule has 1 aromatic carbocycles. The van der Waals surface area contributed by atoms with E-state index in [-0.39, 0.29) is 23.6 Å². The Balaban J connectivity index is 2.35. The first kappa shape index (κ1) is 16.0. The van der Waals surface area contributed by atoms with E-state index in [1.165, 1.54) is 0 Å². The van der Waals surface area contributed by atoms with Gasteiger partial charge in [-0.25, -0.2) is 13.1 Å². The number of hydrogen-bond acceptors (Lipinski definition) is 4. The normalized spacial score (nSPS) is 21.9. The van der Waals surface area contributed by atoms with E-state index in [2.05, 4.69) is 16.6 Å². The van der Waals surface area contributed by atoms with Gasteiger partial charge in [-0.15, -0.1) is 0 Å². The molecule has 21 heavy (non-hydrogen) atoms. The molecule has 0 amide bonds. The summed E-state index contributed by atoms with van der Waals surface area (Å²) in [5.74, 6) is 5.19. The molecule has 2 atom stereocenters. The summed E-state index contributed by atoms with van der Waals surface area (Å²) in [6, 6.07) is 4.74. The summed E-state index contributed by atoms with van der Waals surface area (Å²) >= 11 is 0. The fourth-order valence-electron chi connectivity index (χ4n) is 2.26. The van der Waals surface area contributed by atoms with Crippen molar-refractivity contribution in [3.05, 3.63) is 29.3 Å². The standard InChI is InChI=1S/C15H19NO4S/c1-11-5-6-15(13(10-11)4-3-8-17)21(18,19)16-14-7-9-20-12(14)2/h5-6,10,12,14,16-17H,7-9H2,1-2H3. The Morgan fingerprint density at radius 2 is 2.24 bits per heavy atom. The smallest absolute Gasteiger partial charge is 0.242 e. The van der Waals surface area contributed by atoms with Gasteiger partial charge >= 0.3 is 0 Å². The number of aliphatic hydroxyl groups excluding tert-OH is 1. The minimum atomic E-state index is -3.67. The number of aryl methyl sites for hydroxylation is 1. The molecule has 5 nitrogen and oxygen atoms in total. The van der Waals surface area contributed by atoms with E-state index >= 15 is 0 Å². The average Bonchev–Trinajstić information content (AvgIpc) is 2.81. The van der Waals surface area contributed by atoms with Gasteiger partial charge in [0.05, 0.1) is 17.0 Å². The predicted octanol–water partition coefficient (Wildman–Crippen LogP) is 0.795. The lowest BCUT2D eigenvalue weighted by Crippen LogP contribution is -2.39. The van der Waals surface area contributed by atoms with Gasteiger partial charge in [-0.1, -0.05) is 17.9 Å². The molecule has 0 bridgehead atoms. The topological polar surface area (TPSA) is 75.6 Å². The molecule has 0 spiro atoms. The maximum atomic E-state index is 12.5. The first-order valence-electron chi connectivity index (χ1n) is 6.78. The van der Waals surface area contributed by atoms with E-state index in [9.17, 15) is 8.42 Å². The van der Waals surface area contributed by atoms with Gasteiger partial charge in [0, 0.05) is 12.2 Å². The third kappa shape index (κ3) is 3.83. The second kappa shape index (κ2) is 6.58. The monoisotopic (exact) mass is 309 g/mol. The van der Waals surface area contributed by atoms with Crippen LogP contribution in [-0.2, 0) is 14.8 Å². The zero-order valence-corrected chi connectivity index (χ0v) is 12.9. The quantitative estimate of drug-likeness (QED) is 0.810. The van der Waals surface area contributed by atoms with Crippen LogP contribution in [0.2, 0.25) is 0 Å². The molecule has 1 fully saturated rings. The number of hydrogen-bond donors (Lipinski definition) is 2. The highest BCUT2D eigenvalue weighted by molar-refractivity contribution is 7.89. The Morgan fingerprint density at radius 1 is 1.48 bits per heavy atom. The van der Waals surface area contributed by atoms with Crippen molar-refractivity contribution in [1.82, 2.24) is 4.72 Å². The summed E-state index contributed by atoms with van der Waals surface area (Å²) in [6.07, 6.45) is 0.515. The number of benzene rings is 1. The van der Waals surface area contributed by atoms with Crippen LogP contribution in [0.15, 0.2) is 23.1 Å². The lowest BCUT2D eigenvalue weighted by Gasteiger charge is -2.17. The Bertz CT molecular complexity index is 673. The highest BCUT2D eigenvalue weighted by atomic mass is 32.2. The molecule has 1 saturated heterocycles. The molecule has 0 saturated carbocycles. The van der Waals surface area contributed by atoms with Crippen molar-refractivity contribution >= 4 is 10.0 Å². The third-order valence-corrected chi connectivity index (χ3v) is 4.96. The first-order chi connectivity index (χ1) is 9.94. The molecular weight excluding hydrogens is 290 g/mol. The van der Waals surface area contributed by atoms with Crippen LogP contribution in [0.3, 0.4) is 0 Å². The number of nitrogens with one attached hydrogen (secondary N) is 1. The molecule has 0 radical (unpaired) electrons. The van der Waals surface area contributed by atoms with Gasteiger partial charge in [-0.3, -0.25) is 0 Å². The summed E-state index contributed by atoms with van der Waals surface area (Å²) in [5, 5.41) is 8.80. The molecule has 1 aromatic rings. The fourth-order valence-corrected chi connectivity index (χ4v) is 3.74. The highest BCUT2D eigenvalue weighted by Crippen LogP contribution is 2.20. The van der Waals surface area contributed by atoms with E-state index in [1.54, 1.807) is 18.2 Å². The molecule has 1 aliphatic heterocycles. The second-order valence-corrected chi connectivity index (χ2v) is 6.73. The number of sulfonamides is 1. The fraction of sp³-hybridized carbons (Fsp3) is 0.467. The summed E-state index contributed by atoms with van der Waals surface area (Å²) < 4.78 is 33.1. The van der Waals surface area contributed by atoms with E-state index < -0.39 is 10.0 Å². The van der Waals surface area contributed by atoms with Gasteiger partial charge in [0.1, 0.15) is 6.61 Å². The minimum Gasteiger partial charge on any atom is -0.384 e. The van der Waals surface area contributed by atoms with Crippen LogP contribution < -0.4 is 4.72 Å². The largest absolute Gasteiger partial charge is 0.384 e. The van der Waals surface area contributed by atoms with Crippen LogP contribution in [-0.4, -0.2) is 38.9 Å². The maximum absolute atomic E-state index is 12.5. The van der Waals surface area contributed by atoms with Gasteiger partial charge in [-0.05, 0) is 38.0 Å². The van der Waals surface area contributed by atoms with Crippen molar-refractivity contribution in [3.8, 4) is 11.8 Å². The molecule has 1 heterocycles. The molecule has 2 rings (SSSR count). The second-order valence-electron chi connectivity index (χ2n) is 5.05. The summed E-state index contributed by atoms with van der Waals surface area (Å²) in [6.45, 7) is 3.95. The summed E-state index contributed by atoms with van der Waals surface area (Å²) in [5.41, 5.74) is 1.30. The Hall–Kier alpha value is -1.39. The third-order valence-electron chi connectivity index (χ3n) is 3.41. The number of ether oxygens (including phenoxy) is 1. The predicted molar refractivity (Wildman–Crippen MR) is 79.3 cm³/mol. The molecule has 2 unspecified atom stereocenters. The minimum absolute atomic E-state index is 0.133. The SMILES string of the molecule is Cc1ccc(S(=O)(=O)NC2CCOC2C)c(C#CCO)c1. The molecular formula is C15H19NO4S. The van der Waals surface area contributed by atoms with Gasteiger partial charge in [0.15, 0.2) is 0 Å². The Kier molecular flexibility index (Phi) is 5.01. The van der Waals surface area contributed by atoms with Gasteiger partial charge < -0.3 is 9.84 Å². The molecule has 2 N–H and O–H groups in total. The Labute approximate surface area is 125 Å². The number of rotatable bonds is 3. The molecule has 6 heteroatoms. The van der Waals surface area contributed by atoms with E-state index in [4.69, 9.17) is 9.84 Å². The van der Waals surface area contributed by atoms with Crippen LogP contribution in [0.4, 0.5) is 0 Å². The lowest BCUT2D eigenvalue weighted by molar-refractivity contribution is 0.117. The van der Waals surface area contributed by atoms with Gasteiger partial charge in [0.25, 0.3) is 0 Å². The molecule has 114 valence electrons. The van der Waals surface area contributed by atoms with Gasteiger partial charge in [-0.2, -0.15) is 0 Å². The first-order valence-corrected chi connectivity index (χ1v) is 8.26. The highest BCUT2D eigenvalue weighted by Gasteiger charge is 2.30. The van der Waals surface area contributed by atoms with Crippen molar-refractivity contribution in [2.45, 2.75) is 37.3 Å². The average molecular weight is 309 g/mol. The summed E-state index contributed by atoms with van der Waals surface area (Å²) in [4.78, 5) is 0.133.